The van der Waals surface area contributed by atoms with Crippen LogP contribution in [0.15, 0.2) is 0 Å². The van der Waals surface area contributed by atoms with Crippen molar-refractivity contribution < 1.29 is 19.0 Å². The highest BCUT2D eigenvalue weighted by Crippen LogP contribution is 1.96. The molecule has 0 fully saturated rings. The van der Waals surface area contributed by atoms with Gasteiger partial charge in [-0.1, -0.05) is 0 Å². The van der Waals surface area contributed by atoms with E-state index in [9.17, 15) is 4.79 Å². The normalized spacial score (nSPS) is 12.4. The molecule has 0 radical (unpaired) electrons. The molecule has 0 aliphatic rings. The summed E-state index contributed by atoms with van der Waals surface area (Å²) in [6.45, 7) is 7.40. The van der Waals surface area contributed by atoms with Gasteiger partial charge in [-0.05, 0) is 13.8 Å². The van der Waals surface area contributed by atoms with Crippen LogP contribution in [0.2, 0.25) is 0 Å². The van der Waals surface area contributed by atoms with Gasteiger partial charge in [-0.2, -0.15) is 0 Å². The van der Waals surface area contributed by atoms with Crippen molar-refractivity contribution in [1.29, 1.82) is 0 Å². The maximum atomic E-state index is 12.0. The molecule has 1 unspecified atom stereocenters. The standard InChI is InChI=1S/C12H26N2O4/c1-4-17-8-6-14(7-9-18-5-2)12(15)11(13)10-16-3/h11H,4-10,13H2,1-3H3. The van der Waals surface area contributed by atoms with E-state index in [0.717, 1.165) is 0 Å². The Balaban J connectivity index is 4.19. The summed E-state index contributed by atoms with van der Waals surface area (Å²) in [5.41, 5.74) is 5.74. The van der Waals surface area contributed by atoms with Gasteiger partial charge in [0, 0.05) is 33.4 Å². The van der Waals surface area contributed by atoms with Crippen molar-refractivity contribution in [2.24, 2.45) is 5.73 Å². The number of carbonyl (C=O) groups excluding carboxylic acids is 1. The first-order valence-corrected chi connectivity index (χ1v) is 6.36. The Morgan fingerprint density at radius 1 is 1.17 bits per heavy atom. The van der Waals surface area contributed by atoms with Gasteiger partial charge in [0.25, 0.3) is 0 Å². The molecule has 0 rings (SSSR count). The molecule has 1 amide bonds. The van der Waals surface area contributed by atoms with E-state index in [0.29, 0.717) is 39.5 Å². The van der Waals surface area contributed by atoms with Gasteiger partial charge in [0.2, 0.25) is 5.91 Å². The van der Waals surface area contributed by atoms with Crippen molar-refractivity contribution in [2.45, 2.75) is 19.9 Å². The maximum absolute atomic E-state index is 12.0. The predicted molar refractivity (Wildman–Crippen MR) is 69.4 cm³/mol. The number of methoxy groups -OCH3 is 1. The lowest BCUT2D eigenvalue weighted by Gasteiger charge is -2.25. The van der Waals surface area contributed by atoms with E-state index in [2.05, 4.69) is 0 Å². The molecule has 0 spiro atoms. The van der Waals surface area contributed by atoms with E-state index in [1.807, 2.05) is 13.8 Å². The molecule has 6 heteroatoms. The monoisotopic (exact) mass is 262 g/mol. The number of nitrogens with zero attached hydrogens (tertiary/aromatic N) is 1. The number of hydrogen-bond acceptors (Lipinski definition) is 5. The van der Waals surface area contributed by atoms with Gasteiger partial charge in [-0.25, -0.2) is 0 Å². The van der Waals surface area contributed by atoms with Crippen molar-refractivity contribution in [3.8, 4) is 0 Å². The molecule has 108 valence electrons. The minimum Gasteiger partial charge on any atom is -0.383 e. The summed E-state index contributed by atoms with van der Waals surface area (Å²) in [5, 5.41) is 0. The Hall–Kier alpha value is -0.690. The number of rotatable bonds is 11. The molecule has 1 atom stereocenters. The SMILES string of the molecule is CCOCCN(CCOCC)C(=O)C(N)COC. The first-order chi connectivity index (χ1) is 8.67. The van der Waals surface area contributed by atoms with Gasteiger partial charge >= 0.3 is 0 Å². The zero-order valence-electron chi connectivity index (χ0n) is 11.7. The van der Waals surface area contributed by atoms with Crippen LogP contribution < -0.4 is 5.73 Å². The Bertz CT molecular complexity index is 204. The fourth-order valence-corrected chi connectivity index (χ4v) is 1.46. The average molecular weight is 262 g/mol. The van der Waals surface area contributed by atoms with E-state index in [1.165, 1.54) is 7.11 Å². The van der Waals surface area contributed by atoms with E-state index in [1.54, 1.807) is 4.90 Å². The van der Waals surface area contributed by atoms with Crippen LogP contribution in [-0.2, 0) is 19.0 Å². The molecule has 0 aromatic rings. The van der Waals surface area contributed by atoms with Gasteiger partial charge in [0.1, 0.15) is 6.04 Å². The number of ether oxygens (including phenoxy) is 3. The molecular formula is C12H26N2O4. The Labute approximate surface area is 109 Å². The molecular weight excluding hydrogens is 236 g/mol. The van der Waals surface area contributed by atoms with Crippen LogP contribution in [0.1, 0.15) is 13.8 Å². The third-order valence-corrected chi connectivity index (χ3v) is 2.39. The molecule has 0 aliphatic carbocycles. The molecule has 18 heavy (non-hydrogen) atoms. The zero-order valence-corrected chi connectivity index (χ0v) is 11.7. The van der Waals surface area contributed by atoms with Crippen molar-refractivity contribution in [1.82, 2.24) is 4.90 Å². The van der Waals surface area contributed by atoms with Crippen LogP contribution in [0.4, 0.5) is 0 Å². The molecule has 0 aromatic heterocycles. The smallest absolute Gasteiger partial charge is 0.242 e. The van der Waals surface area contributed by atoms with Gasteiger partial charge in [-0.3, -0.25) is 4.79 Å². The molecule has 0 aromatic carbocycles. The van der Waals surface area contributed by atoms with Crippen LogP contribution in [-0.4, -0.2) is 70.1 Å². The molecule has 0 saturated heterocycles. The van der Waals surface area contributed by atoms with Crippen LogP contribution in [0.5, 0.6) is 0 Å². The predicted octanol–water partition coefficient (Wildman–Crippen LogP) is -0.138. The summed E-state index contributed by atoms with van der Waals surface area (Å²) in [6, 6.07) is -0.627. The lowest BCUT2D eigenvalue weighted by atomic mass is 10.3. The van der Waals surface area contributed by atoms with Crippen molar-refractivity contribution in [3.63, 3.8) is 0 Å². The highest BCUT2D eigenvalue weighted by molar-refractivity contribution is 5.81. The molecule has 0 saturated carbocycles. The Morgan fingerprint density at radius 2 is 1.67 bits per heavy atom. The fraction of sp³-hybridized carbons (Fsp3) is 0.917. The van der Waals surface area contributed by atoms with E-state index in [-0.39, 0.29) is 12.5 Å². The van der Waals surface area contributed by atoms with Gasteiger partial charge in [0.05, 0.1) is 19.8 Å². The van der Waals surface area contributed by atoms with Crippen molar-refractivity contribution in [3.05, 3.63) is 0 Å². The van der Waals surface area contributed by atoms with Crippen LogP contribution in [0.3, 0.4) is 0 Å². The number of amides is 1. The Morgan fingerprint density at radius 3 is 2.06 bits per heavy atom. The summed E-state index contributed by atoms with van der Waals surface area (Å²) < 4.78 is 15.4. The second kappa shape index (κ2) is 11.4. The minimum atomic E-state index is -0.627. The number of carbonyl (C=O) groups is 1. The van der Waals surface area contributed by atoms with Crippen molar-refractivity contribution >= 4 is 5.91 Å². The maximum Gasteiger partial charge on any atom is 0.242 e. The van der Waals surface area contributed by atoms with Crippen LogP contribution in [0.25, 0.3) is 0 Å². The quantitative estimate of drug-likeness (QED) is 0.525. The molecule has 0 heterocycles. The fourth-order valence-electron chi connectivity index (χ4n) is 1.46. The summed E-state index contributed by atoms with van der Waals surface area (Å²) in [5.74, 6) is -0.128. The highest BCUT2D eigenvalue weighted by Gasteiger charge is 2.20. The van der Waals surface area contributed by atoms with Crippen molar-refractivity contribution in [2.75, 3.05) is 53.2 Å². The molecule has 2 N–H and O–H groups in total. The minimum absolute atomic E-state index is 0.128. The molecule has 0 aliphatic heterocycles. The Kier molecular flexibility index (Phi) is 11.0. The van der Waals surface area contributed by atoms with E-state index in [4.69, 9.17) is 19.9 Å². The van der Waals surface area contributed by atoms with Gasteiger partial charge in [0.15, 0.2) is 0 Å². The third-order valence-electron chi connectivity index (χ3n) is 2.39. The summed E-state index contributed by atoms with van der Waals surface area (Å²) in [7, 11) is 1.53. The topological polar surface area (TPSA) is 74.0 Å². The molecule has 0 bridgehead atoms. The lowest BCUT2D eigenvalue weighted by Crippen LogP contribution is -2.48. The number of hydrogen-bond donors (Lipinski definition) is 1. The third kappa shape index (κ3) is 7.60. The zero-order chi connectivity index (χ0) is 13.8. The summed E-state index contributed by atoms with van der Waals surface area (Å²) in [6.07, 6.45) is 0. The average Bonchev–Trinajstić information content (AvgIpc) is 2.37. The largest absolute Gasteiger partial charge is 0.383 e. The second-order valence-corrected chi connectivity index (χ2v) is 3.78. The summed E-state index contributed by atoms with van der Waals surface area (Å²) in [4.78, 5) is 13.7. The highest BCUT2D eigenvalue weighted by atomic mass is 16.5. The first kappa shape index (κ1) is 17.3. The lowest BCUT2D eigenvalue weighted by molar-refractivity contribution is -0.135. The second-order valence-electron chi connectivity index (χ2n) is 3.78. The van der Waals surface area contributed by atoms with Crippen LogP contribution >= 0.6 is 0 Å². The number of nitrogens with two attached hydrogens (primary N) is 1. The van der Waals surface area contributed by atoms with Crippen LogP contribution in [0, 0.1) is 0 Å². The molecule has 6 nitrogen and oxygen atoms in total. The first-order valence-electron chi connectivity index (χ1n) is 6.36. The van der Waals surface area contributed by atoms with E-state index < -0.39 is 6.04 Å². The van der Waals surface area contributed by atoms with Gasteiger partial charge < -0.3 is 24.8 Å². The van der Waals surface area contributed by atoms with E-state index >= 15 is 0 Å². The summed E-state index contributed by atoms with van der Waals surface area (Å²) >= 11 is 0. The van der Waals surface area contributed by atoms with Gasteiger partial charge in [-0.15, -0.1) is 0 Å².